The first-order valence-corrected chi connectivity index (χ1v) is 7.11. The Balaban J connectivity index is 2.09. The highest BCUT2D eigenvalue weighted by Gasteiger charge is 2.05. The van der Waals surface area contributed by atoms with E-state index in [9.17, 15) is 0 Å². The van der Waals surface area contributed by atoms with Gasteiger partial charge < -0.3 is 14.8 Å². The molecule has 21 heavy (non-hydrogen) atoms. The van der Waals surface area contributed by atoms with Crippen molar-refractivity contribution < 1.29 is 9.47 Å². The van der Waals surface area contributed by atoms with Gasteiger partial charge in [-0.3, -0.25) is 0 Å². The molecule has 0 aliphatic rings. The van der Waals surface area contributed by atoms with E-state index in [1.807, 2.05) is 30.3 Å². The summed E-state index contributed by atoms with van der Waals surface area (Å²) < 4.78 is 11.3. The van der Waals surface area contributed by atoms with E-state index in [1.165, 1.54) is 0 Å². The van der Waals surface area contributed by atoms with E-state index in [1.54, 1.807) is 20.3 Å². The highest BCUT2D eigenvalue weighted by atomic mass is 79.9. The van der Waals surface area contributed by atoms with Crippen LogP contribution in [0.5, 0.6) is 11.5 Å². The number of nitrogens with zero attached hydrogens (tertiary/aromatic N) is 1. The Morgan fingerprint density at radius 2 is 1.86 bits per heavy atom. The van der Waals surface area contributed by atoms with Crippen LogP contribution in [-0.2, 0) is 6.54 Å². The van der Waals surface area contributed by atoms with E-state index in [-0.39, 0.29) is 0 Å². The van der Waals surface area contributed by atoms with Gasteiger partial charge in [0.25, 0.3) is 0 Å². The molecule has 5 heteroatoms. The zero-order valence-corrected chi connectivity index (χ0v) is 13.4. The quantitative estimate of drug-likeness (QED) is 0.890. The Morgan fingerprint density at radius 3 is 2.48 bits per heavy atom. The monoisotopic (exact) mass is 346 g/mol. The molecule has 0 amide bonds. The van der Waals surface area contributed by atoms with Crippen LogP contribution in [0.3, 0.4) is 0 Å². The zero-order chi connectivity index (χ0) is 15.2. The van der Waals surface area contributed by atoms with Crippen molar-refractivity contribution in [3.63, 3.8) is 0 Å². The van der Waals surface area contributed by atoms with Gasteiger partial charge in [-0.05, 0) is 51.8 Å². The molecule has 0 spiro atoms. The lowest BCUT2D eigenvalue weighted by Gasteiger charge is -2.11. The summed E-state index contributed by atoms with van der Waals surface area (Å²) in [4.78, 5) is 0. The van der Waals surface area contributed by atoms with Gasteiger partial charge in [0.05, 0.1) is 19.8 Å². The van der Waals surface area contributed by atoms with Crippen molar-refractivity contribution in [3.05, 3.63) is 52.0 Å². The van der Waals surface area contributed by atoms with Gasteiger partial charge in [-0.2, -0.15) is 5.26 Å². The van der Waals surface area contributed by atoms with E-state index in [0.717, 1.165) is 15.7 Å². The van der Waals surface area contributed by atoms with Crippen LogP contribution in [0.15, 0.2) is 40.9 Å². The van der Waals surface area contributed by atoms with Crippen LogP contribution in [0.2, 0.25) is 0 Å². The third-order valence-electron chi connectivity index (χ3n) is 3.03. The summed E-state index contributed by atoms with van der Waals surface area (Å²) in [5.41, 5.74) is 2.63. The Morgan fingerprint density at radius 1 is 1.10 bits per heavy atom. The smallest absolute Gasteiger partial charge is 0.161 e. The molecule has 0 saturated heterocycles. The van der Waals surface area contributed by atoms with Crippen molar-refractivity contribution in [2.45, 2.75) is 6.54 Å². The van der Waals surface area contributed by atoms with Gasteiger partial charge in [0.2, 0.25) is 0 Å². The lowest BCUT2D eigenvalue weighted by Crippen LogP contribution is -2.00. The molecule has 2 aromatic carbocycles. The second-order valence-electron chi connectivity index (χ2n) is 4.35. The molecule has 2 aromatic rings. The van der Waals surface area contributed by atoms with Gasteiger partial charge in [0, 0.05) is 16.7 Å². The predicted octanol–water partition coefficient (Wildman–Crippen LogP) is 3.95. The highest BCUT2D eigenvalue weighted by Crippen LogP contribution is 2.28. The van der Waals surface area contributed by atoms with E-state index in [4.69, 9.17) is 14.7 Å². The predicted molar refractivity (Wildman–Crippen MR) is 85.7 cm³/mol. The van der Waals surface area contributed by atoms with Gasteiger partial charge in [0.1, 0.15) is 6.07 Å². The molecule has 0 aliphatic heterocycles. The normalized spacial score (nSPS) is 9.81. The summed E-state index contributed by atoms with van der Waals surface area (Å²) in [7, 11) is 3.23. The fourth-order valence-electron chi connectivity index (χ4n) is 1.91. The molecule has 2 rings (SSSR count). The molecule has 1 N–H and O–H groups in total. The van der Waals surface area contributed by atoms with Gasteiger partial charge in [-0.1, -0.05) is 6.07 Å². The van der Waals surface area contributed by atoms with E-state index < -0.39 is 0 Å². The summed E-state index contributed by atoms with van der Waals surface area (Å²) in [6.07, 6.45) is 0. The van der Waals surface area contributed by atoms with Crippen molar-refractivity contribution >= 4 is 21.6 Å². The first-order chi connectivity index (χ1) is 10.2. The average molecular weight is 347 g/mol. The molecule has 0 unspecified atom stereocenters. The first kappa shape index (κ1) is 15.2. The van der Waals surface area contributed by atoms with Crippen LogP contribution >= 0.6 is 15.9 Å². The summed E-state index contributed by atoms with van der Waals surface area (Å²) in [5, 5.41) is 12.2. The van der Waals surface area contributed by atoms with E-state index in [0.29, 0.717) is 23.6 Å². The van der Waals surface area contributed by atoms with Crippen molar-refractivity contribution in [2.75, 3.05) is 19.5 Å². The van der Waals surface area contributed by atoms with Gasteiger partial charge in [-0.25, -0.2) is 0 Å². The van der Waals surface area contributed by atoms with Gasteiger partial charge >= 0.3 is 0 Å². The molecule has 0 radical (unpaired) electrons. The number of anilines is 1. The van der Waals surface area contributed by atoms with Crippen LogP contribution in [0.1, 0.15) is 11.1 Å². The van der Waals surface area contributed by atoms with Crippen LogP contribution in [0.4, 0.5) is 5.69 Å². The number of rotatable bonds is 5. The molecular formula is C16H15BrN2O2. The Kier molecular flexibility index (Phi) is 5.07. The average Bonchev–Trinajstić information content (AvgIpc) is 2.52. The number of halogens is 1. The first-order valence-electron chi connectivity index (χ1n) is 6.32. The lowest BCUT2D eigenvalue weighted by atomic mass is 10.2. The minimum absolute atomic E-state index is 0.617. The molecule has 0 atom stereocenters. The fourth-order valence-corrected chi connectivity index (χ4v) is 2.38. The van der Waals surface area contributed by atoms with Crippen LogP contribution in [-0.4, -0.2) is 14.2 Å². The lowest BCUT2D eigenvalue weighted by molar-refractivity contribution is 0.354. The maximum Gasteiger partial charge on any atom is 0.161 e. The third kappa shape index (κ3) is 3.67. The summed E-state index contributed by atoms with van der Waals surface area (Å²) in [6.45, 7) is 0.651. The van der Waals surface area contributed by atoms with Crippen LogP contribution in [0, 0.1) is 11.3 Å². The number of nitriles is 1. The number of ether oxygens (including phenoxy) is 2. The molecular weight excluding hydrogens is 332 g/mol. The maximum atomic E-state index is 8.90. The largest absolute Gasteiger partial charge is 0.493 e. The minimum Gasteiger partial charge on any atom is -0.493 e. The molecule has 0 aliphatic carbocycles. The van der Waals surface area contributed by atoms with E-state index >= 15 is 0 Å². The molecule has 0 aromatic heterocycles. The maximum absolute atomic E-state index is 8.90. The summed E-state index contributed by atoms with van der Waals surface area (Å²) in [6, 6.07) is 13.5. The number of nitrogens with one attached hydrogen (secondary N) is 1. The summed E-state index contributed by atoms with van der Waals surface area (Å²) in [5.74, 6) is 1.42. The molecule has 0 bridgehead atoms. The number of hydrogen-bond acceptors (Lipinski definition) is 4. The van der Waals surface area contributed by atoms with Crippen molar-refractivity contribution in [2.24, 2.45) is 0 Å². The standard InChI is InChI=1S/C16H15BrN2O2/c1-20-15-6-3-11(7-16(15)21-2)10-19-13-5-4-12(9-18)14(17)8-13/h3-8,19H,10H2,1-2H3. The van der Waals surface area contributed by atoms with Gasteiger partial charge in [0.15, 0.2) is 11.5 Å². The Labute approximate surface area is 132 Å². The van der Waals surface area contributed by atoms with Crippen molar-refractivity contribution in [1.82, 2.24) is 0 Å². The Hall–Kier alpha value is -2.19. The zero-order valence-electron chi connectivity index (χ0n) is 11.8. The second-order valence-corrected chi connectivity index (χ2v) is 5.20. The summed E-state index contributed by atoms with van der Waals surface area (Å²) >= 11 is 3.38. The number of methoxy groups -OCH3 is 2. The second kappa shape index (κ2) is 7.00. The molecule has 0 fully saturated rings. The number of hydrogen-bond donors (Lipinski definition) is 1. The van der Waals surface area contributed by atoms with Crippen molar-refractivity contribution in [1.29, 1.82) is 5.26 Å². The van der Waals surface area contributed by atoms with E-state index in [2.05, 4.69) is 27.3 Å². The molecule has 4 nitrogen and oxygen atoms in total. The van der Waals surface area contributed by atoms with Crippen molar-refractivity contribution in [3.8, 4) is 17.6 Å². The highest BCUT2D eigenvalue weighted by molar-refractivity contribution is 9.10. The SMILES string of the molecule is COc1ccc(CNc2ccc(C#N)c(Br)c2)cc1OC. The third-order valence-corrected chi connectivity index (χ3v) is 3.69. The molecule has 108 valence electrons. The fraction of sp³-hybridized carbons (Fsp3) is 0.188. The van der Waals surface area contributed by atoms with Crippen LogP contribution < -0.4 is 14.8 Å². The van der Waals surface area contributed by atoms with Crippen LogP contribution in [0.25, 0.3) is 0 Å². The van der Waals surface area contributed by atoms with Gasteiger partial charge in [-0.15, -0.1) is 0 Å². The minimum atomic E-state index is 0.617. The topological polar surface area (TPSA) is 54.3 Å². The molecule has 0 saturated carbocycles. The Bertz CT molecular complexity index is 680. The molecule has 0 heterocycles. The number of benzene rings is 2.